The van der Waals surface area contributed by atoms with Gasteiger partial charge in [-0.1, -0.05) is 0 Å². The van der Waals surface area contributed by atoms with Gasteiger partial charge in [0.15, 0.2) is 11.5 Å². The van der Waals surface area contributed by atoms with Crippen LogP contribution >= 0.6 is 0 Å². The molecule has 0 spiro atoms. The molecule has 2 rings (SSSR count). The topological polar surface area (TPSA) is 49.0 Å². The minimum absolute atomic E-state index is 0.174. The van der Waals surface area contributed by atoms with Gasteiger partial charge in [0.1, 0.15) is 13.2 Å². The van der Waals surface area contributed by atoms with E-state index in [0.29, 0.717) is 31.3 Å². The van der Waals surface area contributed by atoms with Crippen LogP contribution in [-0.2, 0) is 11.3 Å². The number of benzene rings is 1. The monoisotopic (exact) mass is 295 g/mol. The Kier molecular flexibility index (Phi) is 5.31. The molecular weight excluding hydrogens is 270 g/mol. The quantitative estimate of drug-likeness (QED) is 0.837. The maximum absolute atomic E-state index is 5.67. The molecule has 0 saturated heterocycles. The SMILES string of the molecule is CCOC(C)(C)CNCc1cc(OC)c2c(c1)OCCO2. The molecule has 5 heteroatoms. The van der Waals surface area contributed by atoms with Crippen molar-refractivity contribution in [3.05, 3.63) is 17.7 Å². The molecule has 0 atom stereocenters. The lowest BCUT2D eigenvalue weighted by Crippen LogP contribution is -2.37. The molecule has 0 radical (unpaired) electrons. The van der Waals surface area contributed by atoms with Crippen molar-refractivity contribution in [3.63, 3.8) is 0 Å². The minimum Gasteiger partial charge on any atom is -0.493 e. The highest BCUT2D eigenvalue weighted by molar-refractivity contribution is 5.54. The van der Waals surface area contributed by atoms with Crippen molar-refractivity contribution in [3.8, 4) is 17.2 Å². The molecule has 1 aromatic carbocycles. The van der Waals surface area contributed by atoms with E-state index in [1.165, 1.54) is 0 Å². The molecule has 1 aliphatic rings. The summed E-state index contributed by atoms with van der Waals surface area (Å²) in [5.41, 5.74) is 0.926. The first-order chi connectivity index (χ1) is 10.1. The van der Waals surface area contributed by atoms with E-state index >= 15 is 0 Å². The van der Waals surface area contributed by atoms with Crippen LogP contribution in [-0.4, -0.2) is 39.1 Å². The van der Waals surface area contributed by atoms with Gasteiger partial charge in [-0.05, 0) is 38.5 Å². The fourth-order valence-electron chi connectivity index (χ4n) is 2.38. The zero-order valence-electron chi connectivity index (χ0n) is 13.3. The second-order valence-electron chi connectivity index (χ2n) is 5.62. The highest BCUT2D eigenvalue weighted by Crippen LogP contribution is 2.40. The zero-order valence-corrected chi connectivity index (χ0v) is 13.3. The number of rotatable bonds is 7. The summed E-state index contributed by atoms with van der Waals surface area (Å²) >= 11 is 0. The van der Waals surface area contributed by atoms with Crippen LogP contribution in [0.15, 0.2) is 12.1 Å². The molecule has 5 nitrogen and oxygen atoms in total. The van der Waals surface area contributed by atoms with E-state index < -0.39 is 0 Å². The van der Waals surface area contributed by atoms with Gasteiger partial charge < -0.3 is 24.3 Å². The van der Waals surface area contributed by atoms with Crippen LogP contribution < -0.4 is 19.5 Å². The van der Waals surface area contributed by atoms with Crippen molar-refractivity contribution in [1.82, 2.24) is 5.32 Å². The van der Waals surface area contributed by atoms with Gasteiger partial charge in [0.2, 0.25) is 5.75 Å². The Morgan fingerprint density at radius 3 is 2.71 bits per heavy atom. The Balaban J connectivity index is 2.00. The average molecular weight is 295 g/mol. The van der Waals surface area contributed by atoms with Gasteiger partial charge in [0, 0.05) is 19.7 Å². The van der Waals surface area contributed by atoms with Crippen molar-refractivity contribution in [2.75, 3.05) is 33.5 Å². The standard InChI is InChI=1S/C16H25NO4/c1-5-21-16(2,3)11-17-10-12-8-13(18-4)15-14(9-12)19-6-7-20-15/h8-9,17H,5-7,10-11H2,1-4H3. The summed E-state index contributed by atoms with van der Waals surface area (Å²) in [6.07, 6.45) is 0. The zero-order chi connectivity index (χ0) is 15.3. The lowest BCUT2D eigenvalue weighted by Gasteiger charge is -2.25. The fraction of sp³-hybridized carbons (Fsp3) is 0.625. The van der Waals surface area contributed by atoms with Crippen molar-refractivity contribution in [2.45, 2.75) is 32.9 Å². The molecule has 0 saturated carbocycles. The average Bonchev–Trinajstić information content (AvgIpc) is 2.46. The first kappa shape index (κ1) is 15.9. The number of ether oxygens (including phenoxy) is 4. The largest absolute Gasteiger partial charge is 0.493 e. The minimum atomic E-state index is -0.174. The van der Waals surface area contributed by atoms with Crippen LogP contribution in [0.3, 0.4) is 0 Å². The van der Waals surface area contributed by atoms with E-state index in [4.69, 9.17) is 18.9 Å². The van der Waals surface area contributed by atoms with Crippen LogP contribution in [0, 0.1) is 0 Å². The molecule has 0 bridgehead atoms. The van der Waals surface area contributed by atoms with E-state index in [1.54, 1.807) is 7.11 Å². The summed E-state index contributed by atoms with van der Waals surface area (Å²) in [4.78, 5) is 0. The van der Waals surface area contributed by atoms with Crippen molar-refractivity contribution in [2.24, 2.45) is 0 Å². The Bertz CT molecular complexity index is 456. The second kappa shape index (κ2) is 7.00. The molecule has 1 aromatic rings. The third-order valence-corrected chi connectivity index (χ3v) is 3.30. The number of hydrogen-bond acceptors (Lipinski definition) is 5. The normalized spacial score (nSPS) is 14.1. The van der Waals surface area contributed by atoms with E-state index in [9.17, 15) is 0 Å². The van der Waals surface area contributed by atoms with Gasteiger partial charge in [-0.3, -0.25) is 0 Å². The predicted octanol–water partition coefficient (Wildman–Crippen LogP) is 2.37. The molecular formula is C16H25NO4. The van der Waals surface area contributed by atoms with Crippen molar-refractivity contribution in [1.29, 1.82) is 0 Å². The Morgan fingerprint density at radius 1 is 1.24 bits per heavy atom. The number of methoxy groups -OCH3 is 1. The lowest BCUT2D eigenvalue weighted by molar-refractivity contribution is -0.00897. The van der Waals surface area contributed by atoms with Crippen molar-refractivity contribution >= 4 is 0 Å². The smallest absolute Gasteiger partial charge is 0.203 e. The van der Waals surface area contributed by atoms with Crippen LogP contribution in [0.25, 0.3) is 0 Å². The Hall–Kier alpha value is -1.46. The highest BCUT2D eigenvalue weighted by Gasteiger charge is 2.19. The third kappa shape index (κ3) is 4.25. The molecule has 0 aliphatic carbocycles. The van der Waals surface area contributed by atoms with E-state index in [2.05, 4.69) is 19.2 Å². The third-order valence-electron chi connectivity index (χ3n) is 3.30. The van der Waals surface area contributed by atoms with Crippen LogP contribution in [0.1, 0.15) is 26.3 Å². The van der Waals surface area contributed by atoms with Gasteiger partial charge >= 0.3 is 0 Å². The molecule has 0 aromatic heterocycles. The summed E-state index contributed by atoms with van der Waals surface area (Å²) in [7, 11) is 1.64. The van der Waals surface area contributed by atoms with Gasteiger partial charge in [-0.2, -0.15) is 0 Å². The molecule has 1 aliphatic heterocycles. The molecule has 1 heterocycles. The highest BCUT2D eigenvalue weighted by atomic mass is 16.6. The maximum atomic E-state index is 5.67. The molecule has 0 unspecified atom stereocenters. The summed E-state index contributed by atoms with van der Waals surface area (Å²) in [5, 5.41) is 3.41. The summed E-state index contributed by atoms with van der Waals surface area (Å²) in [6, 6.07) is 3.98. The van der Waals surface area contributed by atoms with Crippen LogP contribution in [0.5, 0.6) is 17.2 Å². The van der Waals surface area contributed by atoms with E-state index in [1.807, 2.05) is 19.1 Å². The lowest BCUT2D eigenvalue weighted by atomic mass is 10.1. The first-order valence-corrected chi connectivity index (χ1v) is 7.37. The predicted molar refractivity (Wildman–Crippen MR) is 81.4 cm³/mol. The Labute approximate surface area is 126 Å². The van der Waals surface area contributed by atoms with Crippen LogP contribution in [0.4, 0.5) is 0 Å². The molecule has 21 heavy (non-hydrogen) atoms. The van der Waals surface area contributed by atoms with Crippen molar-refractivity contribution < 1.29 is 18.9 Å². The van der Waals surface area contributed by atoms with E-state index in [0.717, 1.165) is 24.4 Å². The van der Waals surface area contributed by atoms with Gasteiger partial charge in [-0.25, -0.2) is 0 Å². The summed E-state index contributed by atoms with van der Waals surface area (Å²) in [6.45, 7) is 9.51. The first-order valence-electron chi connectivity index (χ1n) is 7.37. The van der Waals surface area contributed by atoms with Crippen LogP contribution in [0.2, 0.25) is 0 Å². The van der Waals surface area contributed by atoms with Gasteiger partial charge in [0.25, 0.3) is 0 Å². The Morgan fingerprint density at radius 2 is 2.00 bits per heavy atom. The maximum Gasteiger partial charge on any atom is 0.203 e. The van der Waals surface area contributed by atoms with Gasteiger partial charge in [-0.15, -0.1) is 0 Å². The number of fused-ring (bicyclic) bond motifs is 1. The van der Waals surface area contributed by atoms with Gasteiger partial charge in [0.05, 0.1) is 12.7 Å². The number of hydrogen-bond donors (Lipinski definition) is 1. The molecule has 118 valence electrons. The molecule has 0 amide bonds. The molecule has 1 N–H and O–H groups in total. The second-order valence-corrected chi connectivity index (χ2v) is 5.62. The molecule has 0 fully saturated rings. The fourth-order valence-corrected chi connectivity index (χ4v) is 2.38. The summed E-state index contributed by atoms with van der Waals surface area (Å²) < 4.78 is 22.3. The van der Waals surface area contributed by atoms with E-state index in [-0.39, 0.29) is 5.60 Å². The summed E-state index contributed by atoms with van der Waals surface area (Å²) in [5.74, 6) is 2.16. The number of nitrogens with one attached hydrogen (secondary N) is 1.